The monoisotopic (exact) mass is 407 g/mol. The molecular weight excluding hydrogens is 382 g/mol. The quantitative estimate of drug-likeness (QED) is 0.556. The zero-order valence-electron chi connectivity index (χ0n) is 16.9. The summed E-state index contributed by atoms with van der Waals surface area (Å²) >= 11 is 1.63. The maximum absolute atomic E-state index is 12.9. The number of pyridine rings is 1. The van der Waals surface area contributed by atoms with Gasteiger partial charge < -0.3 is 5.32 Å². The van der Waals surface area contributed by atoms with Gasteiger partial charge in [0.1, 0.15) is 5.69 Å². The minimum Gasteiger partial charge on any atom is -0.354 e. The summed E-state index contributed by atoms with van der Waals surface area (Å²) in [5, 5.41) is 2.60. The predicted octanol–water partition coefficient (Wildman–Crippen LogP) is 4.56. The van der Waals surface area contributed by atoms with Crippen molar-refractivity contribution in [2.24, 2.45) is 0 Å². The highest BCUT2D eigenvalue weighted by Crippen LogP contribution is 2.24. The number of benzene rings is 1. The summed E-state index contributed by atoms with van der Waals surface area (Å²) in [4.78, 5) is 35.1. The lowest BCUT2D eigenvalue weighted by atomic mass is 9.94. The second-order valence-electron chi connectivity index (χ2n) is 7.02. The van der Waals surface area contributed by atoms with Crippen molar-refractivity contribution < 1.29 is 9.59 Å². The molecule has 0 fully saturated rings. The van der Waals surface area contributed by atoms with Gasteiger partial charge in [-0.25, -0.2) is 9.97 Å². The molecule has 5 nitrogen and oxygen atoms in total. The van der Waals surface area contributed by atoms with Gasteiger partial charge in [-0.15, -0.1) is 11.3 Å². The van der Waals surface area contributed by atoms with Crippen LogP contribution in [0.25, 0.3) is 0 Å². The summed E-state index contributed by atoms with van der Waals surface area (Å²) < 4.78 is 0. The van der Waals surface area contributed by atoms with Gasteiger partial charge in [0, 0.05) is 35.5 Å². The maximum atomic E-state index is 12.9. The standard InChI is InChI=1S/C23H25N3O2S/c1-15(17-8-5-4-6-9-17)19-12-18(13-20(26-19)23(28)24-3)21(27)10-7-11-22-16(2)25-14-29-22/h4-6,8-9,12-15H,7,10-11H2,1-3H3,(H,24,28)/t15-/m0/s1. The van der Waals surface area contributed by atoms with Crippen LogP contribution in [0.1, 0.15) is 68.4 Å². The Balaban J connectivity index is 1.82. The average Bonchev–Trinajstić information content (AvgIpc) is 3.17. The number of hydrogen-bond donors (Lipinski definition) is 1. The molecule has 0 unspecified atom stereocenters. The molecule has 2 aromatic heterocycles. The van der Waals surface area contributed by atoms with E-state index in [1.54, 1.807) is 24.5 Å². The lowest BCUT2D eigenvalue weighted by molar-refractivity contribution is 0.0958. The van der Waals surface area contributed by atoms with Crippen molar-refractivity contribution >= 4 is 23.0 Å². The van der Waals surface area contributed by atoms with Crippen LogP contribution in [0, 0.1) is 6.92 Å². The molecule has 0 spiro atoms. The molecule has 3 rings (SSSR count). The van der Waals surface area contributed by atoms with E-state index in [1.807, 2.05) is 55.8 Å². The molecule has 6 heteroatoms. The molecule has 0 aliphatic heterocycles. The Morgan fingerprint density at radius 2 is 1.93 bits per heavy atom. The van der Waals surface area contributed by atoms with Crippen LogP contribution in [-0.4, -0.2) is 28.7 Å². The molecule has 1 atom stereocenters. The Kier molecular flexibility index (Phi) is 6.88. The summed E-state index contributed by atoms with van der Waals surface area (Å²) in [5.74, 6) is -0.283. The minimum absolute atomic E-state index is 0.0211. The van der Waals surface area contributed by atoms with E-state index >= 15 is 0 Å². The zero-order chi connectivity index (χ0) is 20.8. The van der Waals surface area contributed by atoms with Gasteiger partial charge >= 0.3 is 0 Å². The van der Waals surface area contributed by atoms with Crippen molar-refractivity contribution in [1.82, 2.24) is 15.3 Å². The second kappa shape index (κ2) is 9.56. The van der Waals surface area contributed by atoms with Gasteiger partial charge in [-0.2, -0.15) is 0 Å². The lowest BCUT2D eigenvalue weighted by Crippen LogP contribution is -2.21. The largest absolute Gasteiger partial charge is 0.354 e. The Morgan fingerprint density at radius 1 is 1.17 bits per heavy atom. The number of hydrogen-bond acceptors (Lipinski definition) is 5. The number of amides is 1. The third-order valence-corrected chi connectivity index (χ3v) is 6.02. The number of rotatable bonds is 8. The van der Waals surface area contributed by atoms with Crippen molar-refractivity contribution in [3.05, 3.63) is 81.1 Å². The van der Waals surface area contributed by atoms with E-state index in [1.165, 1.54) is 4.88 Å². The van der Waals surface area contributed by atoms with Crippen LogP contribution in [0.5, 0.6) is 0 Å². The van der Waals surface area contributed by atoms with Gasteiger partial charge in [0.05, 0.1) is 11.2 Å². The van der Waals surface area contributed by atoms with Gasteiger partial charge in [0.25, 0.3) is 5.91 Å². The van der Waals surface area contributed by atoms with Crippen LogP contribution in [0.3, 0.4) is 0 Å². The fourth-order valence-electron chi connectivity index (χ4n) is 3.21. The highest BCUT2D eigenvalue weighted by Gasteiger charge is 2.18. The number of thiazole rings is 1. The molecule has 1 N–H and O–H groups in total. The van der Waals surface area contributed by atoms with Crippen molar-refractivity contribution in [2.45, 2.75) is 39.0 Å². The maximum Gasteiger partial charge on any atom is 0.269 e. The fourth-order valence-corrected chi connectivity index (χ4v) is 4.04. The summed E-state index contributed by atoms with van der Waals surface area (Å²) in [5.41, 5.74) is 5.49. The first-order valence-corrected chi connectivity index (χ1v) is 10.6. The van der Waals surface area contributed by atoms with Crippen LogP contribution >= 0.6 is 11.3 Å². The smallest absolute Gasteiger partial charge is 0.269 e. The molecule has 0 radical (unpaired) electrons. The number of aryl methyl sites for hydroxylation is 2. The van der Waals surface area contributed by atoms with Crippen molar-refractivity contribution in [1.29, 1.82) is 0 Å². The summed E-state index contributed by atoms with van der Waals surface area (Å²) in [6.45, 7) is 4.02. The molecular formula is C23H25N3O2S. The van der Waals surface area contributed by atoms with Crippen LogP contribution < -0.4 is 5.32 Å². The van der Waals surface area contributed by atoms with Gasteiger partial charge in [0.2, 0.25) is 0 Å². The Bertz CT molecular complexity index is 998. The molecule has 0 aliphatic carbocycles. The molecule has 0 saturated carbocycles. The van der Waals surface area contributed by atoms with Gasteiger partial charge in [-0.1, -0.05) is 37.3 Å². The van der Waals surface area contributed by atoms with Gasteiger partial charge in [-0.3, -0.25) is 9.59 Å². The first-order valence-electron chi connectivity index (χ1n) is 9.70. The van der Waals surface area contributed by atoms with Gasteiger partial charge in [0.15, 0.2) is 5.78 Å². The van der Waals surface area contributed by atoms with E-state index in [0.29, 0.717) is 12.0 Å². The summed E-state index contributed by atoms with van der Waals surface area (Å²) in [7, 11) is 1.57. The topological polar surface area (TPSA) is 72.0 Å². The van der Waals surface area contributed by atoms with Crippen molar-refractivity contribution in [2.75, 3.05) is 7.05 Å². The molecule has 0 saturated heterocycles. The Labute approximate surface area is 175 Å². The van der Waals surface area contributed by atoms with E-state index in [9.17, 15) is 9.59 Å². The summed E-state index contributed by atoms with van der Waals surface area (Å²) in [6.07, 6.45) is 2.01. The highest BCUT2D eigenvalue weighted by molar-refractivity contribution is 7.09. The first kappa shape index (κ1) is 20.9. The van der Waals surface area contributed by atoms with Crippen LogP contribution in [-0.2, 0) is 6.42 Å². The molecule has 0 bridgehead atoms. The predicted molar refractivity (Wildman–Crippen MR) is 116 cm³/mol. The molecule has 150 valence electrons. The molecule has 1 aromatic carbocycles. The third kappa shape index (κ3) is 5.15. The Morgan fingerprint density at radius 3 is 2.59 bits per heavy atom. The Hall–Kier alpha value is -2.86. The molecule has 0 aliphatic rings. The van der Waals surface area contributed by atoms with Crippen molar-refractivity contribution in [3.63, 3.8) is 0 Å². The summed E-state index contributed by atoms with van der Waals surface area (Å²) in [6, 6.07) is 13.4. The first-order chi connectivity index (χ1) is 14.0. The number of ketones is 1. The number of nitrogens with one attached hydrogen (secondary N) is 1. The van der Waals surface area contributed by atoms with E-state index < -0.39 is 0 Å². The van der Waals surface area contributed by atoms with Crippen LogP contribution in [0.4, 0.5) is 0 Å². The third-order valence-electron chi connectivity index (χ3n) is 5.02. The molecule has 3 aromatic rings. The zero-order valence-corrected chi connectivity index (χ0v) is 17.8. The molecule has 29 heavy (non-hydrogen) atoms. The lowest BCUT2D eigenvalue weighted by Gasteiger charge is -2.14. The molecule has 2 heterocycles. The van der Waals surface area contributed by atoms with E-state index in [4.69, 9.17) is 0 Å². The van der Waals surface area contributed by atoms with Crippen molar-refractivity contribution in [3.8, 4) is 0 Å². The number of Topliss-reactive ketones (excluding diaryl/α,β-unsaturated/α-hetero) is 1. The number of carbonyl (C=O) groups is 2. The van der Waals surface area contributed by atoms with Crippen LogP contribution in [0.2, 0.25) is 0 Å². The number of carbonyl (C=O) groups excluding carboxylic acids is 2. The fraction of sp³-hybridized carbons (Fsp3) is 0.304. The minimum atomic E-state index is -0.290. The SMILES string of the molecule is CNC(=O)c1cc(C(=O)CCCc2scnc2C)cc([C@@H](C)c2ccccc2)n1. The number of aromatic nitrogens is 2. The average molecular weight is 408 g/mol. The van der Waals surface area contributed by atoms with E-state index in [0.717, 1.165) is 29.8 Å². The highest BCUT2D eigenvalue weighted by atomic mass is 32.1. The number of nitrogens with zero attached hydrogens (tertiary/aromatic N) is 2. The van der Waals surface area contributed by atoms with E-state index in [2.05, 4.69) is 15.3 Å². The normalized spacial score (nSPS) is 11.8. The molecule has 1 amide bonds. The van der Waals surface area contributed by atoms with Crippen LogP contribution in [0.15, 0.2) is 48.0 Å². The van der Waals surface area contributed by atoms with E-state index in [-0.39, 0.29) is 23.3 Å². The van der Waals surface area contributed by atoms with Gasteiger partial charge in [-0.05, 0) is 37.5 Å². The second-order valence-corrected chi connectivity index (χ2v) is 7.95.